The van der Waals surface area contributed by atoms with Crippen LogP contribution in [0.4, 0.5) is 0 Å². The van der Waals surface area contributed by atoms with Gasteiger partial charge in [-0.1, -0.05) is 12.1 Å². The van der Waals surface area contributed by atoms with Crippen LogP contribution in [0, 0.1) is 0 Å². The number of thiophene rings is 1. The molecule has 1 aromatic rings. The van der Waals surface area contributed by atoms with Crippen LogP contribution in [0.3, 0.4) is 0 Å². The molecule has 2 rings (SSSR count). The average Bonchev–Trinajstić information content (AvgIpc) is 2.92. The van der Waals surface area contributed by atoms with Crippen molar-refractivity contribution in [2.24, 2.45) is 0 Å². The second kappa shape index (κ2) is 7.43. The van der Waals surface area contributed by atoms with Crippen LogP contribution in [0.1, 0.15) is 11.3 Å². The summed E-state index contributed by atoms with van der Waals surface area (Å²) in [5.41, 5.74) is 0. The van der Waals surface area contributed by atoms with Crippen molar-refractivity contribution in [3.05, 3.63) is 35.0 Å². The second-order valence-corrected chi connectivity index (χ2v) is 5.60. The summed E-state index contributed by atoms with van der Waals surface area (Å²) in [5, 5.41) is 5.34. The van der Waals surface area contributed by atoms with Crippen LogP contribution in [0.25, 0.3) is 0 Å². The predicted octanol–water partition coefficient (Wildman–Crippen LogP) is 1.64. The molecule has 104 valence electrons. The van der Waals surface area contributed by atoms with Gasteiger partial charge in [-0.3, -0.25) is 4.79 Å². The molecule has 0 aliphatic carbocycles. The maximum absolute atomic E-state index is 12.3. The summed E-state index contributed by atoms with van der Waals surface area (Å²) in [4.78, 5) is 15.4. The van der Waals surface area contributed by atoms with Gasteiger partial charge in [-0.15, -0.1) is 17.9 Å². The van der Waals surface area contributed by atoms with Crippen molar-refractivity contribution in [3.63, 3.8) is 0 Å². The van der Waals surface area contributed by atoms with Gasteiger partial charge in [0.05, 0.1) is 19.8 Å². The van der Waals surface area contributed by atoms with Gasteiger partial charge in [-0.2, -0.15) is 0 Å². The Morgan fingerprint density at radius 2 is 2.58 bits per heavy atom. The molecule has 1 saturated heterocycles. The van der Waals surface area contributed by atoms with Crippen LogP contribution in [-0.2, 0) is 16.1 Å². The quantitative estimate of drug-likeness (QED) is 0.806. The Hall–Kier alpha value is -1.17. The first-order valence-electron chi connectivity index (χ1n) is 6.52. The van der Waals surface area contributed by atoms with Crippen molar-refractivity contribution < 1.29 is 9.53 Å². The monoisotopic (exact) mass is 280 g/mol. The molecule has 1 aliphatic rings. The van der Waals surface area contributed by atoms with E-state index in [9.17, 15) is 4.79 Å². The van der Waals surface area contributed by atoms with Crippen molar-refractivity contribution in [2.75, 3.05) is 26.3 Å². The Labute approximate surface area is 118 Å². The summed E-state index contributed by atoms with van der Waals surface area (Å²) in [5.74, 6) is 0.149. The van der Waals surface area contributed by atoms with E-state index in [1.54, 1.807) is 17.4 Å². The molecule has 1 aliphatic heterocycles. The second-order valence-electron chi connectivity index (χ2n) is 4.57. The first-order chi connectivity index (χ1) is 9.29. The number of nitrogens with one attached hydrogen (secondary N) is 1. The summed E-state index contributed by atoms with van der Waals surface area (Å²) >= 11 is 1.67. The van der Waals surface area contributed by atoms with E-state index in [0.717, 1.165) is 13.2 Å². The third-order valence-corrected chi connectivity index (χ3v) is 3.91. The molecule has 2 heterocycles. The predicted molar refractivity (Wildman–Crippen MR) is 77.2 cm³/mol. The first kappa shape index (κ1) is 14.2. The van der Waals surface area contributed by atoms with Gasteiger partial charge in [0.2, 0.25) is 5.91 Å². The average molecular weight is 280 g/mol. The van der Waals surface area contributed by atoms with Gasteiger partial charge in [0.15, 0.2) is 0 Å². The van der Waals surface area contributed by atoms with E-state index in [4.69, 9.17) is 4.74 Å². The largest absolute Gasteiger partial charge is 0.378 e. The van der Waals surface area contributed by atoms with Crippen LogP contribution in [0.2, 0.25) is 0 Å². The molecule has 1 unspecified atom stereocenters. The van der Waals surface area contributed by atoms with Gasteiger partial charge in [0.1, 0.15) is 0 Å². The van der Waals surface area contributed by atoms with Crippen molar-refractivity contribution in [1.82, 2.24) is 10.2 Å². The van der Waals surface area contributed by atoms with Crippen LogP contribution in [-0.4, -0.2) is 43.2 Å². The van der Waals surface area contributed by atoms with Crippen LogP contribution in [0.5, 0.6) is 0 Å². The lowest BCUT2D eigenvalue weighted by atomic mass is 10.1. The third-order valence-electron chi connectivity index (χ3n) is 3.05. The highest BCUT2D eigenvalue weighted by molar-refractivity contribution is 7.09. The lowest BCUT2D eigenvalue weighted by Crippen LogP contribution is -2.45. The van der Waals surface area contributed by atoms with Gasteiger partial charge in [0.25, 0.3) is 0 Å². The Morgan fingerprint density at radius 3 is 3.21 bits per heavy atom. The van der Waals surface area contributed by atoms with E-state index in [1.165, 1.54) is 4.88 Å². The molecule has 0 spiro atoms. The highest BCUT2D eigenvalue weighted by Gasteiger charge is 2.20. The summed E-state index contributed by atoms with van der Waals surface area (Å²) in [7, 11) is 0. The molecular formula is C14H20N2O2S. The van der Waals surface area contributed by atoms with E-state index in [2.05, 4.69) is 18.0 Å². The van der Waals surface area contributed by atoms with Gasteiger partial charge in [-0.05, 0) is 11.4 Å². The number of carbonyl (C=O) groups is 1. The van der Waals surface area contributed by atoms with E-state index in [-0.39, 0.29) is 11.9 Å². The zero-order valence-corrected chi connectivity index (χ0v) is 11.8. The van der Waals surface area contributed by atoms with Crippen molar-refractivity contribution in [1.29, 1.82) is 0 Å². The van der Waals surface area contributed by atoms with E-state index in [1.807, 2.05) is 16.3 Å². The number of rotatable bonds is 6. The fourth-order valence-corrected chi connectivity index (χ4v) is 2.81. The van der Waals surface area contributed by atoms with Crippen molar-refractivity contribution in [3.8, 4) is 0 Å². The number of nitrogens with zero attached hydrogens (tertiary/aromatic N) is 1. The lowest BCUT2D eigenvalue weighted by Gasteiger charge is -2.27. The normalized spacial score (nSPS) is 19.1. The maximum Gasteiger partial charge on any atom is 0.224 e. The zero-order valence-electron chi connectivity index (χ0n) is 11.0. The molecule has 1 aromatic heterocycles. The molecule has 1 atom stereocenters. The fourth-order valence-electron chi connectivity index (χ4n) is 2.09. The van der Waals surface area contributed by atoms with Crippen LogP contribution < -0.4 is 5.32 Å². The Bertz CT molecular complexity index is 400. The molecule has 0 saturated carbocycles. The standard InChI is InChI=1S/C14H20N2O2S/c1-2-6-16(10-13-4-3-8-19-13)14(17)9-12-11-18-7-5-15-12/h2-4,8,12,15H,1,5-7,9-11H2. The maximum atomic E-state index is 12.3. The van der Waals surface area contributed by atoms with Crippen LogP contribution in [0.15, 0.2) is 30.2 Å². The summed E-state index contributed by atoms with van der Waals surface area (Å²) in [6.45, 7) is 7.15. The molecule has 4 nitrogen and oxygen atoms in total. The number of carbonyl (C=O) groups excluding carboxylic acids is 1. The highest BCUT2D eigenvalue weighted by Crippen LogP contribution is 2.13. The number of hydrogen-bond acceptors (Lipinski definition) is 4. The number of morpholine rings is 1. The smallest absolute Gasteiger partial charge is 0.224 e. The van der Waals surface area contributed by atoms with Crippen molar-refractivity contribution in [2.45, 2.75) is 19.0 Å². The van der Waals surface area contributed by atoms with Crippen LogP contribution >= 0.6 is 11.3 Å². The Morgan fingerprint density at radius 1 is 1.68 bits per heavy atom. The summed E-state index contributed by atoms with van der Waals surface area (Å²) in [6, 6.07) is 4.19. The summed E-state index contributed by atoms with van der Waals surface area (Å²) < 4.78 is 5.38. The Balaban J connectivity index is 1.89. The molecule has 5 heteroatoms. The minimum absolute atomic E-state index is 0.136. The van der Waals surface area contributed by atoms with Gasteiger partial charge >= 0.3 is 0 Å². The number of amides is 1. The van der Waals surface area contributed by atoms with Gasteiger partial charge in [0, 0.05) is 30.4 Å². The fraction of sp³-hybridized carbons (Fsp3) is 0.500. The summed E-state index contributed by atoms with van der Waals surface area (Å²) in [6.07, 6.45) is 2.26. The van der Waals surface area contributed by atoms with E-state index < -0.39 is 0 Å². The van der Waals surface area contributed by atoms with Gasteiger partial charge < -0.3 is 15.0 Å². The molecule has 0 radical (unpaired) electrons. The molecule has 19 heavy (non-hydrogen) atoms. The van der Waals surface area contributed by atoms with E-state index in [0.29, 0.717) is 26.1 Å². The SMILES string of the molecule is C=CCN(Cc1cccs1)C(=O)CC1COCCN1. The third kappa shape index (κ3) is 4.45. The Kier molecular flexibility index (Phi) is 5.57. The minimum Gasteiger partial charge on any atom is -0.378 e. The van der Waals surface area contributed by atoms with E-state index >= 15 is 0 Å². The molecular weight excluding hydrogens is 260 g/mol. The lowest BCUT2D eigenvalue weighted by molar-refractivity contribution is -0.132. The number of hydrogen-bond donors (Lipinski definition) is 1. The molecule has 1 N–H and O–H groups in total. The first-order valence-corrected chi connectivity index (χ1v) is 7.39. The molecule has 0 aromatic carbocycles. The molecule has 1 amide bonds. The zero-order chi connectivity index (χ0) is 13.5. The topological polar surface area (TPSA) is 41.6 Å². The van der Waals surface area contributed by atoms with Gasteiger partial charge in [-0.25, -0.2) is 0 Å². The minimum atomic E-state index is 0.136. The molecule has 1 fully saturated rings. The van der Waals surface area contributed by atoms with Crippen molar-refractivity contribution >= 4 is 17.2 Å². The number of ether oxygens (including phenoxy) is 1. The molecule has 0 bridgehead atoms. The highest BCUT2D eigenvalue weighted by atomic mass is 32.1.